The van der Waals surface area contributed by atoms with Crippen LogP contribution in [0.1, 0.15) is 34.5 Å². The van der Waals surface area contributed by atoms with Gasteiger partial charge in [-0.05, 0) is 24.6 Å². The standard InChI is InChI=1S/C11H11NO4/c1-6(12-11(14)15)7-2-3-9-8(4-7)5-16-10(9)13/h2-4,6,12H,5H2,1H3,(H,14,15). The monoisotopic (exact) mass is 221 g/mol. The van der Waals surface area contributed by atoms with Crippen LogP contribution in [-0.2, 0) is 11.3 Å². The maximum absolute atomic E-state index is 11.2. The summed E-state index contributed by atoms with van der Waals surface area (Å²) in [6, 6.07) is 4.88. The number of hydrogen-bond acceptors (Lipinski definition) is 3. The summed E-state index contributed by atoms with van der Waals surface area (Å²) in [4.78, 5) is 21.7. The van der Waals surface area contributed by atoms with Crippen molar-refractivity contribution in [1.29, 1.82) is 0 Å². The highest BCUT2D eigenvalue weighted by molar-refractivity contribution is 5.93. The molecule has 0 aromatic heterocycles. The molecule has 0 radical (unpaired) electrons. The molecule has 16 heavy (non-hydrogen) atoms. The predicted molar refractivity (Wildman–Crippen MR) is 55.1 cm³/mol. The van der Waals surface area contributed by atoms with Gasteiger partial charge in [0.2, 0.25) is 0 Å². The quantitative estimate of drug-likeness (QED) is 0.745. The number of benzene rings is 1. The van der Waals surface area contributed by atoms with E-state index in [0.29, 0.717) is 5.56 Å². The summed E-state index contributed by atoms with van der Waals surface area (Å²) in [5.41, 5.74) is 2.19. The Kier molecular flexibility index (Phi) is 2.52. The van der Waals surface area contributed by atoms with Crippen LogP contribution in [0.15, 0.2) is 18.2 Å². The average Bonchev–Trinajstić information content (AvgIpc) is 2.59. The van der Waals surface area contributed by atoms with Gasteiger partial charge in [-0.1, -0.05) is 6.07 Å². The molecular formula is C11H11NO4. The van der Waals surface area contributed by atoms with Gasteiger partial charge >= 0.3 is 12.1 Å². The molecule has 1 heterocycles. The van der Waals surface area contributed by atoms with E-state index in [2.05, 4.69) is 5.32 Å². The summed E-state index contributed by atoms with van der Waals surface area (Å²) in [5, 5.41) is 10.9. The number of nitrogens with one attached hydrogen (secondary N) is 1. The van der Waals surface area contributed by atoms with Crippen molar-refractivity contribution in [3.63, 3.8) is 0 Å². The van der Waals surface area contributed by atoms with Crippen LogP contribution in [0.3, 0.4) is 0 Å². The van der Waals surface area contributed by atoms with E-state index in [1.807, 2.05) is 0 Å². The molecule has 0 bridgehead atoms. The summed E-state index contributed by atoms with van der Waals surface area (Å²) in [6.07, 6.45) is -1.07. The van der Waals surface area contributed by atoms with Crippen LogP contribution in [0.5, 0.6) is 0 Å². The van der Waals surface area contributed by atoms with E-state index in [9.17, 15) is 9.59 Å². The van der Waals surface area contributed by atoms with E-state index in [1.54, 1.807) is 25.1 Å². The topological polar surface area (TPSA) is 75.6 Å². The molecule has 5 heteroatoms. The zero-order valence-electron chi connectivity index (χ0n) is 8.69. The van der Waals surface area contributed by atoms with Gasteiger partial charge in [-0.15, -0.1) is 0 Å². The van der Waals surface area contributed by atoms with Gasteiger partial charge in [0, 0.05) is 5.56 Å². The number of hydrogen-bond donors (Lipinski definition) is 2. The number of carbonyl (C=O) groups excluding carboxylic acids is 1. The second kappa shape index (κ2) is 3.84. The fourth-order valence-electron chi connectivity index (χ4n) is 1.69. The molecule has 0 aliphatic carbocycles. The number of amides is 1. The van der Waals surface area contributed by atoms with Gasteiger partial charge in [-0.2, -0.15) is 0 Å². The molecular weight excluding hydrogens is 210 g/mol. The molecule has 0 fully saturated rings. The molecule has 1 unspecified atom stereocenters. The minimum atomic E-state index is -1.07. The molecule has 0 saturated carbocycles. The third kappa shape index (κ3) is 1.84. The van der Waals surface area contributed by atoms with Gasteiger partial charge in [-0.25, -0.2) is 9.59 Å². The number of fused-ring (bicyclic) bond motifs is 1. The fraction of sp³-hybridized carbons (Fsp3) is 0.273. The van der Waals surface area contributed by atoms with E-state index in [4.69, 9.17) is 9.84 Å². The minimum absolute atomic E-state index is 0.266. The first kappa shape index (κ1) is 10.5. The normalized spacial score (nSPS) is 15.2. The molecule has 2 N–H and O–H groups in total. The number of rotatable bonds is 2. The summed E-state index contributed by atoms with van der Waals surface area (Å²) in [7, 11) is 0. The maximum Gasteiger partial charge on any atom is 0.405 e. The van der Waals surface area contributed by atoms with E-state index in [1.165, 1.54) is 0 Å². The Bertz CT molecular complexity index is 455. The third-order valence-electron chi connectivity index (χ3n) is 2.55. The van der Waals surface area contributed by atoms with Gasteiger partial charge in [0.25, 0.3) is 0 Å². The smallest absolute Gasteiger partial charge is 0.405 e. The average molecular weight is 221 g/mol. The molecule has 1 aliphatic rings. The van der Waals surface area contributed by atoms with Crippen molar-refractivity contribution in [2.75, 3.05) is 0 Å². The van der Waals surface area contributed by atoms with Crippen molar-refractivity contribution >= 4 is 12.1 Å². The van der Waals surface area contributed by atoms with Crippen molar-refractivity contribution in [3.05, 3.63) is 34.9 Å². The first-order valence-corrected chi connectivity index (χ1v) is 4.87. The van der Waals surface area contributed by atoms with E-state index >= 15 is 0 Å². The van der Waals surface area contributed by atoms with E-state index < -0.39 is 6.09 Å². The van der Waals surface area contributed by atoms with Crippen molar-refractivity contribution in [2.24, 2.45) is 0 Å². The van der Waals surface area contributed by atoms with Crippen molar-refractivity contribution in [1.82, 2.24) is 5.32 Å². The molecule has 0 spiro atoms. The second-order valence-electron chi connectivity index (χ2n) is 3.66. The lowest BCUT2D eigenvalue weighted by Crippen LogP contribution is -2.24. The van der Waals surface area contributed by atoms with Gasteiger partial charge in [0.1, 0.15) is 6.61 Å². The summed E-state index contributed by atoms with van der Waals surface area (Å²) >= 11 is 0. The van der Waals surface area contributed by atoms with Crippen LogP contribution in [0.25, 0.3) is 0 Å². The van der Waals surface area contributed by atoms with Gasteiger partial charge in [0.15, 0.2) is 0 Å². The van der Waals surface area contributed by atoms with Crippen LogP contribution in [-0.4, -0.2) is 17.2 Å². The highest BCUT2D eigenvalue weighted by atomic mass is 16.5. The van der Waals surface area contributed by atoms with Gasteiger partial charge in [0.05, 0.1) is 11.6 Å². The van der Waals surface area contributed by atoms with E-state index in [-0.39, 0.29) is 18.6 Å². The Morgan fingerprint density at radius 3 is 3.00 bits per heavy atom. The van der Waals surface area contributed by atoms with E-state index in [0.717, 1.165) is 11.1 Å². The highest BCUT2D eigenvalue weighted by Gasteiger charge is 2.22. The molecule has 1 amide bonds. The Morgan fingerprint density at radius 1 is 1.56 bits per heavy atom. The Morgan fingerprint density at radius 2 is 2.31 bits per heavy atom. The molecule has 84 valence electrons. The fourth-order valence-corrected chi connectivity index (χ4v) is 1.69. The van der Waals surface area contributed by atoms with Crippen LogP contribution in [0, 0.1) is 0 Å². The zero-order valence-corrected chi connectivity index (χ0v) is 8.69. The number of esters is 1. The molecule has 5 nitrogen and oxygen atoms in total. The van der Waals surface area contributed by atoms with Crippen LogP contribution in [0.2, 0.25) is 0 Å². The Hall–Kier alpha value is -2.04. The molecule has 2 rings (SSSR count). The Labute approximate surface area is 92.0 Å². The number of ether oxygens (including phenoxy) is 1. The van der Waals surface area contributed by atoms with Crippen LogP contribution in [0.4, 0.5) is 4.79 Å². The number of carboxylic acid groups (broad SMARTS) is 1. The van der Waals surface area contributed by atoms with Crippen LogP contribution >= 0.6 is 0 Å². The van der Waals surface area contributed by atoms with Crippen LogP contribution < -0.4 is 5.32 Å². The van der Waals surface area contributed by atoms with Crippen molar-refractivity contribution in [2.45, 2.75) is 19.6 Å². The lowest BCUT2D eigenvalue weighted by atomic mass is 10.0. The third-order valence-corrected chi connectivity index (χ3v) is 2.55. The lowest BCUT2D eigenvalue weighted by Gasteiger charge is -2.12. The maximum atomic E-state index is 11.2. The summed E-state index contributed by atoms with van der Waals surface area (Å²) < 4.78 is 4.86. The molecule has 1 aliphatic heterocycles. The molecule has 1 atom stereocenters. The summed E-state index contributed by atoms with van der Waals surface area (Å²) in [5.74, 6) is -0.319. The Balaban J connectivity index is 2.25. The number of cyclic esters (lactones) is 1. The number of carbonyl (C=O) groups is 2. The van der Waals surface area contributed by atoms with Crippen molar-refractivity contribution in [3.8, 4) is 0 Å². The zero-order chi connectivity index (χ0) is 11.7. The first-order valence-electron chi connectivity index (χ1n) is 4.87. The SMILES string of the molecule is CC(NC(=O)O)c1ccc2c(c1)COC2=O. The molecule has 1 aromatic carbocycles. The second-order valence-corrected chi connectivity index (χ2v) is 3.66. The van der Waals surface area contributed by atoms with Crippen molar-refractivity contribution < 1.29 is 19.4 Å². The minimum Gasteiger partial charge on any atom is -0.465 e. The van der Waals surface area contributed by atoms with Gasteiger partial charge in [-0.3, -0.25) is 0 Å². The summed E-state index contributed by atoms with van der Waals surface area (Å²) in [6.45, 7) is 2.01. The largest absolute Gasteiger partial charge is 0.465 e. The van der Waals surface area contributed by atoms with Gasteiger partial charge < -0.3 is 15.2 Å². The predicted octanol–water partition coefficient (Wildman–Crippen LogP) is 1.69. The lowest BCUT2D eigenvalue weighted by molar-refractivity contribution is 0.0535. The highest BCUT2D eigenvalue weighted by Crippen LogP contribution is 2.23. The first-order chi connectivity index (χ1) is 7.58. The molecule has 0 saturated heterocycles. The molecule has 1 aromatic rings.